The highest BCUT2D eigenvalue weighted by molar-refractivity contribution is 6.23. The topological polar surface area (TPSA) is 99.5 Å². The molecule has 0 radical (unpaired) electrons. The average molecular weight is 434 g/mol. The van der Waals surface area contributed by atoms with Crippen LogP contribution >= 0.6 is 0 Å². The van der Waals surface area contributed by atoms with Crippen LogP contribution in [0.3, 0.4) is 0 Å². The predicted molar refractivity (Wildman–Crippen MR) is 118 cm³/mol. The van der Waals surface area contributed by atoms with E-state index in [1.807, 2.05) is 11.8 Å². The molecule has 2 aliphatic heterocycles. The molecule has 0 aliphatic carbocycles. The number of H-pyrrole nitrogens is 1. The maximum Gasteiger partial charge on any atom is 0.251 e. The molecule has 3 aromatic rings. The molecule has 3 amide bonds. The number of nitrogens with zero attached hydrogens (tertiary/aromatic N) is 2. The molecule has 7 nitrogen and oxygen atoms in total. The summed E-state index contributed by atoms with van der Waals surface area (Å²) in [6.07, 6.45) is 0.713. The van der Waals surface area contributed by atoms with E-state index in [2.05, 4.69) is 4.98 Å². The second-order valence-electron chi connectivity index (χ2n) is 8.52. The highest BCUT2D eigenvalue weighted by Gasteiger charge is 2.46. The maximum atomic E-state index is 13.8. The zero-order chi connectivity index (χ0) is 22.7. The molecule has 0 spiro atoms. The Morgan fingerprint density at radius 1 is 1.19 bits per heavy atom. The smallest absolute Gasteiger partial charge is 0.251 e. The molecule has 1 fully saturated rings. The first-order valence-electron chi connectivity index (χ1n) is 10.6. The van der Waals surface area contributed by atoms with E-state index in [0.717, 1.165) is 22.2 Å². The van der Waals surface area contributed by atoms with Gasteiger partial charge in [-0.1, -0.05) is 6.07 Å². The Labute approximate surface area is 184 Å². The zero-order valence-corrected chi connectivity index (χ0v) is 17.8. The van der Waals surface area contributed by atoms with Crippen LogP contribution in [0.25, 0.3) is 10.9 Å². The average Bonchev–Trinajstić information content (AvgIpc) is 3.26. The molecule has 0 bridgehead atoms. The molecule has 1 saturated heterocycles. The van der Waals surface area contributed by atoms with Crippen LogP contribution in [0.15, 0.2) is 36.4 Å². The van der Waals surface area contributed by atoms with Crippen molar-refractivity contribution in [2.75, 3.05) is 11.4 Å². The fourth-order valence-electron chi connectivity index (χ4n) is 5.02. The number of anilines is 1. The van der Waals surface area contributed by atoms with Gasteiger partial charge in [0.05, 0.1) is 18.2 Å². The van der Waals surface area contributed by atoms with Crippen LogP contribution < -0.4 is 10.6 Å². The number of rotatable bonds is 3. The van der Waals surface area contributed by atoms with Gasteiger partial charge in [0, 0.05) is 34.7 Å². The molecular formula is C24H23FN4O3. The van der Waals surface area contributed by atoms with Crippen LogP contribution in [0.4, 0.5) is 10.1 Å². The second kappa shape index (κ2) is 7.27. The van der Waals surface area contributed by atoms with Crippen molar-refractivity contribution in [1.29, 1.82) is 0 Å². The third-order valence-electron chi connectivity index (χ3n) is 6.69. The number of aryl methyl sites for hydroxylation is 1. The van der Waals surface area contributed by atoms with Gasteiger partial charge in [-0.3, -0.25) is 19.3 Å². The normalized spacial score (nSPS) is 21.4. The lowest BCUT2D eigenvalue weighted by molar-refractivity contribution is -0.123. The molecule has 164 valence electrons. The number of aromatic amines is 1. The number of carbonyl (C=O) groups is 3. The second-order valence-corrected chi connectivity index (χ2v) is 8.52. The number of halogens is 1. The van der Waals surface area contributed by atoms with Crippen LogP contribution in [0, 0.1) is 12.7 Å². The van der Waals surface area contributed by atoms with E-state index in [1.165, 1.54) is 23.1 Å². The van der Waals surface area contributed by atoms with E-state index >= 15 is 0 Å². The maximum absolute atomic E-state index is 13.8. The highest BCUT2D eigenvalue weighted by Crippen LogP contribution is 2.38. The van der Waals surface area contributed by atoms with Crippen molar-refractivity contribution in [3.8, 4) is 0 Å². The summed E-state index contributed by atoms with van der Waals surface area (Å²) in [4.78, 5) is 44.5. The molecule has 3 heterocycles. The fourth-order valence-corrected chi connectivity index (χ4v) is 5.02. The van der Waals surface area contributed by atoms with E-state index < -0.39 is 11.9 Å². The number of primary amides is 1. The van der Waals surface area contributed by atoms with E-state index in [9.17, 15) is 18.8 Å². The Morgan fingerprint density at radius 2 is 1.97 bits per heavy atom. The van der Waals surface area contributed by atoms with Gasteiger partial charge in [0.15, 0.2) is 0 Å². The lowest BCUT2D eigenvalue weighted by Crippen LogP contribution is -2.46. The van der Waals surface area contributed by atoms with Gasteiger partial charge >= 0.3 is 0 Å². The van der Waals surface area contributed by atoms with E-state index in [1.54, 1.807) is 25.1 Å². The summed E-state index contributed by atoms with van der Waals surface area (Å²) in [6, 6.07) is 8.69. The number of fused-ring (bicyclic) bond motifs is 3. The molecular weight excluding hydrogens is 411 g/mol. The van der Waals surface area contributed by atoms with Gasteiger partial charge in [-0.25, -0.2) is 9.29 Å². The summed E-state index contributed by atoms with van der Waals surface area (Å²) in [5.41, 5.74) is 9.60. The van der Waals surface area contributed by atoms with Gasteiger partial charge in [0.2, 0.25) is 11.8 Å². The molecule has 8 heteroatoms. The lowest BCUT2D eigenvalue weighted by atomic mass is 9.96. The number of hydrogen-bond donors (Lipinski definition) is 2. The minimum absolute atomic E-state index is 0.0631. The van der Waals surface area contributed by atoms with Gasteiger partial charge in [0.1, 0.15) is 5.82 Å². The van der Waals surface area contributed by atoms with Gasteiger partial charge < -0.3 is 10.7 Å². The number of carbonyl (C=O) groups excluding carboxylic acids is 3. The Bertz CT molecular complexity index is 1300. The molecule has 5 rings (SSSR count). The van der Waals surface area contributed by atoms with E-state index in [-0.39, 0.29) is 35.7 Å². The molecule has 2 aliphatic rings. The van der Waals surface area contributed by atoms with Crippen molar-refractivity contribution >= 4 is 34.3 Å². The Kier molecular flexibility index (Phi) is 4.63. The summed E-state index contributed by atoms with van der Waals surface area (Å²) in [5.74, 6) is -1.51. The van der Waals surface area contributed by atoms with Gasteiger partial charge in [-0.05, 0) is 61.7 Å². The van der Waals surface area contributed by atoms with Crippen LogP contribution in [-0.4, -0.2) is 40.2 Å². The van der Waals surface area contributed by atoms with Crippen molar-refractivity contribution in [2.45, 2.75) is 38.8 Å². The van der Waals surface area contributed by atoms with Crippen LogP contribution in [0.1, 0.15) is 46.6 Å². The first-order chi connectivity index (χ1) is 15.3. The fraction of sp³-hybridized carbons (Fsp3) is 0.292. The molecule has 32 heavy (non-hydrogen) atoms. The minimum Gasteiger partial charge on any atom is -0.366 e. The molecule has 2 unspecified atom stereocenters. The van der Waals surface area contributed by atoms with E-state index in [0.29, 0.717) is 24.2 Å². The SMILES string of the molecule is Cc1ccc(C(N)=O)cc1N1C(=O)CC(N2CCc3c([nH]c4ccc(F)cc34)C2C)C1=O. The molecule has 0 saturated carbocycles. The molecule has 2 aromatic carbocycles. The summed E-state index contributed by atoms with van der Waals surface area (Å²) < 4.78 is 13.8. The zero-order valence-electron chi connectivity index (χ0n) is 17.8. The first-order valence-corrected chi connectivity index (χ1v) is 10.6. The quantitative estimate of drug-likeness (QED) is 0.619. The molecule has 1 aromatic heterocycles. The van der Waals surface area contributed by atoms with Gasteiger partial charge in [-0.2, -0.15) is 0 Å². The standard InChI is InChI=1S/C24H23FN4O3/c1-12-3-4-14(23(26)31)9-19(12)29-21(30)11-20(24(29)32)28-8-7-16-17-10-15(25)5-6-18(17)27-22(16)13(28)2/h3-6,9-10,13,20,27H,7-8,11H2,1-2H3,(H2,26,31). The number of benzene rings is 2. The summed E-state index contributed by atoms with van der Waals surface area (Å²) in [6.45, 7) is 4.35. The lowest BCUT2D eigenvalue weighted by Gasteiger charge is -2.36. The Balaban J connectivity index is 1.48. The van der Waals surface area contributed by atoms with Gasteiger partial charge in [0.25, 0.3) is 5.91 Å². The number of amides is 3. The third-order valence-corrected chi connectivity index (χ3v) is 6.69. The van der Waals surface area contributed by atoms with Crippen molar-refractivity contribution in [2.24, 2.45) is 5.73 Å². The Morgan fingerprint density at radius 3 is 2.72 bits per heavy atom. The van der Waals surface area contributed by atoms with Crippen LogP contribution in [-0.2, 0) is 16.0 Å². The molecule has 3 N–H and O–H groups in total. The largest absolute Gasteiger partial charge is 0.366 e. The minimum atomic E-state index is -0.616. The molecule has 2 atom stereocenters. The summed E-state index contributed by atoms with van der Waals surface area (Å²) >= 11 is 0. The number of imide groups is 1. The Hall–Kier alpha value is -3.52. The number of nitrogens with one attached hydrogen (secondary N) is 1. The number of hydrogen-bond acceptors (Lipinski definition) is 4. The van der Waals surface area contributed by atoms with Gasteiger partial charge in [-0.15, -0.1) is 0 Å². The van der Waals surface area contributed by atoms with Crippen molar-refractivity contribution in [1.82, 2.24) is 9.88 Å². The van der Waals surface area contributed by atoms with Crippen LogP contribution in [0.5, 0.6) is 0 Å². The third kappa shape index (κ3) is 3.02. The van der Waals surface area contributed by atoms with Crippen molar-refractivity contribution in [3.05, 3.63) is 64.6 Å². The van der Waals surface area contributed by atoms with Crippen LogP contribution in [0.2, 0.25) is 0 Å². The van der Waals surface area contributed by atoms with Crippen molar-refractivity contribution in [3.63, 3.8) is 0 Å². The highest BCUT2D eigenvalue weighted by atomic mass is 19.1. The number of nitrogens with two attached hydrogens (primary N) is 1. The monoisotopic (exact) mass is 434 g/mol. The van der Waals surface area contributed by atoms with Crippen molar-refractivity contribution < 1.29 is 18.8 Å². The predicted octanol–water partition coefficient (Wildman–Crippen LogP) is 2.97. The summed E-state index contributed by atoms with van der Waals surface area (Å²) in [7, 11) is 0. The number of aromatic nitrogens is 1. The first kappa shape index (κ1) is 20.4. The summed E-state index contributed by atoms with van der Waals surface area (Å²) in [5, 5.41) is 0.862. The van der Waals surface area contributed by atoms with E-state index in [4.69, 9.17) is 5.73 Å².